The van der Waals surface area contributed by atoms with Crippen molar-refractivity contribution < 1.29 is 10.2 Å². The quantitative estimate of drug-likeness (QED) is 0.399. The van der Waals surface area contributed by atoms with Crippen LogP contribution in [0, 0.1) is 23.7 Å². The van der Waals surface area contributed by atoms with Crippen LogP contribution in [0.4, 0.5) is 0 Å². The monoisotopic (exact) mass is 258 g/mol. The van der Waals surface area contributed by atoms with Gasteiger partial charge in [0.15, 0.2) is 0 Å². The smallest absolute Gasteiger partial charge is 0.134 e. The van der Waals surface area contributed by atoms with Crippen molar-refractivity contribution in [3.8, 4) is 23.7 Å². The fourth-order valence-electron chi connectivity index (χ4n) is 1.28. The summed E-state index contributed by atoms with van der Waals surface area (Å²) in [5.41, 5.74) is 0. The van der Waals surface area contributed by atoms with Gasteiger partial charge in [-0.3, -0.25) is 0 Å². The second kappa shape index (κ2) is 12.7. The van der Waals surface area contributed by atoms with E-state index in [2.05, 4.69) is 36.8 Å². The first-order valence-electron chi connectivity index (χ1n) is 6.48. The zero-order valence-corrected chi connectivity index (χ0v) is 11.3. The van der Waals surface area contributed by atoms with Crippen LogP contribution in [0.3, 0.4) is 0 Å². The molecule has 0 aromatic carbocycles. The Morgan fingerprint density at radius 3 is 2.16 bits per heavy atom. The van der Waals surface area contributed by atoms with E-state index >= 15 is 0 Å². The third kappa shape index (κ3) is 12.5. The molecule has 0 saturated heterocycles. The minimum absolute atomic E-state index is 0.802. The Hall–Kier alpha value is -1.74. The van der Waals surface area contributed by atoms with Gasteiger partial charge in [-0.05, 0) is 43.6 Å². The van der Waals surface area contributed by atoms with E-state index in [1.54, 1.807) is 6.08 Å². The summed E-state index contributed by atoms with van der Waals surface area (Å²) < 4.78 is 0. The number of aliphatic hydroxyl groups is 2. The molecule has 0 aliphatic rings. The molecule has 0 amide bonds. The van der Waals surface area contributed by atoms with Crippen molar-refractivity contribution in [2.24, 2.45) is 0 Å². The standard InChI is InChI=1S/C17H22O2/c1-3-5-6-7-8-9-10-14-17(19)15-12-11-13-16(18)4-2/h3-4,10,14,16-19H,1-2,5-9H2/b14-10+/t16-,17+/m0/s1. The Morgan fingerprint density at radius 2 is 1.53 bits per heavy atom. The lowest BCUT2D eigenvalue weighted by Crippen LogP contribution is -1.97. The van der Waals surface area contributed by atoms with Gasteiger partial charge < -0.3 is 10.2 Å². The van der Waals surface area contributed by atoms with Crippen molar-refractivity contribution in [1.29, 1.82) is 0 Å². The summed E-state index contributed by atoms with van der Waals surface area (Å²) in [6.45, 7) is 7.06. The number of hydrogen-bond donors (Lipinski definition) is 2. The molecule has 0 saturated carbocycles. The van der Waals surface area contributed by atoms with E-state index < -0.39 is 12.2 Å². The first-order valence-corrected chi connectivity index (χ1v) is 6.48. The SMILES string of the molecule is C=CCCCCC/C=C/[C@@H](O)C#CC#C[C@@H](O)C=C. The minimum atomic E-state index is -0.863. The topological polar surface area (TPSA) is 40.5 Å². The summed E-state index contributed by atoms with van der Waals surface area (Å²) in [4.78, 5) is 0. The molecule has 2 nitrogen and oxygen atoms in total. The highest BCUT2D eigenvalue weighted by atomic mass is 16.3. The molecule has 102 valence electrons. The van der Waals surface area contributed by atoms with E-state index in [0.717, 1.165) is 19.3 Å². The highest BCUT2D eigenvalue weighted by Crippen LogP contribution is 2.04. The molecule has 0 aromatic rings. The highest BCUT2D eigenvalue weighted by molar-refractivity contribution is 5.31. The molecule has 0 heterocycles. The van der Waals surface area contributed by atoms with Gasteiger partial charge in [0.1, 0.15) is 12.2 Å². The number of unbranched alkanes of at least 4 members (excludes halogenated alkanes) is 4. The van der Waals surface area contributed by atoms with Gasteiger partial charge in [-0.1, -0.05) is 43.1 Å². The molecule has 0 radical (unpaired) electrons. The summed E-state index contributed by atoms with van der Waals surface area (Å²) >= 11 is 0. The van der Waals surface area contributed by atoms with Crippen molar-refractivity contribution in [3.63, 3.8) is 0 Å². The number of hydrogen-bond acceptors (Lipinski definition) is 2. The van der Waals surface area contributed by atoms with E-state index in [0.29, 0.717) is 0 Å². The van der Waals surface area contributed by atoms with Crippen molar-refractivity contribution in [2.75, 3.05) is 0 Å². The van der Waals surface area contributed by atoms with Crippen LogP contribution >= 0.6 is 0 Å². The molecule has 0 bridgehead atoms. The van der Waals surface area contributed by atoms with Gasteiger partial charge in [0.25, 0.3) is 0 Å². The molecule has 0 aliphatic carbocycles. The van der Waals surface area contributed by atoms with Gasteiger partial charge in [0.05, 0.1) is 0 Å². The van der Waals surface area contributed by atoms with Crippen molar-refractivity contribution in [3.05, 3.63) is 37.5 Å². The normalized spacial score (nSPS) is 12.7. The molecule has 2 N–H and O–H groups in total. The zero-order chi connectivity index (χ0) is 14.3. The first kappa shape index (κ1) is 17.3. The van der Waals surface area contributed by atoms with Crippen LogP contribution in [0.15, 0.2) is 37.5 Å². The molecule has 0 unspecified atom stereocenters. The number of aliphatic hydroxyl groups excluding tert-OH is 2. The lowest BCUT2D eigenvalue weighted by Gasteiger charge is -1.96. The Kier molecular flexibility index (Phi) is 11.5. The summed E-state index contributed by atoms with van der Waals surface area (Å²) in [5.74, 6) is 9.96. The molecule has 0 spiro atoms. The number of rotatable bonds is 8. The second-order valence-electron chi connectivity index (χ2n) is 4.02. The maximum absolute atomic E-state index is 9.49. The molecular weight excluding hydrogens is 236 g/mol. The van der Waals surface area contributed by atoms with Gasteiger partial charge in [0, 0.05) is 0 Å². The minimum Gasteiger partial charge on any atom is -0.377 e. The molecule has 0 fully saturated rings. The Morgan fingerprint density at radius 1 is 0.895 bits per heavy atom. The Labute approximate surface area is 116 Å². The molecular formula is C17H22O2. The fourth-order valence-corrected chi connectivity index (χ4v) is 1.28. The van der Waals surface area contributed by atoms with Crippen LogP contribution in [0.25, 0.3) is 0 Å². The molecule has 2 atom stereocenters. The average Bonchev–Trinajstić information content (AvgIpc) is 2.42. The Bertz CT molecular complexity index is 398. The van der Waals surface area contributed by atoms with E-state index in [1.165, 1.54) is 18.9 Å². The highest BCUT2D eigenvalue weighted by Gasteiger charge is 1.90. The van der Waals surface area contributed by atoms with Gasteiger partial charge >= 0.3 is 0 Å². The first-order chi connectivity index (χ1) is 9.20. The third-order valence-electron chi connectivity index (χ3n) is 2.32. The summed E-state index contributed by atoms with van der Waals surface area (Å²) in [6.07, 6.45) is 10.6. The predicted octanol–water partition coefficient (Wildman–Crippen LogP) is 2.59. The van der Waals surface area contributed by atoms with Gasteiger partial charge in [-0.2, -0.15) is 0 Å². The Balaban J connectivity index is 3.80. The lowest BCUT2D eigenvalue weighted by molar-refractivity contribution is 0.280. The van der Waals surface area contributed by atoms with Crippen LogP contribution < -0.4 is 0 Å². The molecule has 0 rings (SSSR count). The predicted molar refractivity (Wildman–Crippen MR) is 80.2 cm³/mol. The van der Waals surface area contributed by atoms with Crippen LogP contribution in [0.5, 0.6) is 0 Å². The van der Waals surface area contributed by atoms with Crippen LogP contribution in [0.1, 0.15) is 32.1 Å². The van der Waals surface area contributed by atoms with E-state index in [9.17, 15) is 5.11 Å². The van der Waals surface area contributed by atoms with Crippen LogP contribution in [0.2, 0.25) is 0 Å². The zero-order valence-electron chi connectivity index (χ0n) is 11.3. The molecule has 2 heteroatoms. The van der Waals surface area contributed by atoms with Crippen LogP contribution in [-0.2, 0) is 0 Å². The summed E-state index contributed by atoms with van der Waals surface area (Å²) in [6, 6.07) is 0. The van der Waals surface area contributed by atoms with Gasteiger partial charge in [-0.25, -0.2) is 0 Å². The van der Waals surface area contributed by atoms with E-state index in [4.69, 9.17) is 5.11 Å². The van der Waals surface area contributed by atoms with E-state index in [-0.39, 0.29) is 0 Å². The molecule has 0 aromatic heterocycles. The summed E-state index contributed by atoms with van der Waals surface area (Å²) in [7, 11) is 0. The van der Waals surface area contributed by atoms with Gasteiger partial charge in [0.2, 0.25) is 0 Å². The fraction of sp³-hybridized carbons (Fsp3) is 0.412. The molecule has 19 heavy (non-hydrogen) atoms. The van der Waals surface area contributed by atoms with Crippen LogP contribution in [-0.4, -0.2) is 22.4 Å². The average molecular weight is 258 g/mol. The summed E-state index contributed by atoms with van der Waals surface area (Å²) in [5, 5.41) is 18.5. The lowest BCUT2D eigenvalue weighted by atomic mass is 10.1. The maximum atomic E-state index is 9.49. The second-order valence-corrected chi connectivity index (χ2v) is 4.02. The van der Waals surface area contributed by atoms with Crippen molar-refractivity contribution in [2.45, 2.75) is 44.3 Å². The molecule has 0 aliphatic heterocycles. The van der Waals surface area contributed by atoms with Gasteiger partial charge in [-0.15, -0.1) is 6.58 Å². The maximum Gasteiger partial charge on any atom is 0.134 e. The largest absolute Gasteiger partial charge is 0.377 e. The van der Waals surface area contributed by atoms with E-state index in [1.807, 2.05) is 12.2 Å². The van der Waals surface area contributed by atoms with Crippen molar-refractivity contribution in [1.82, 2.24) is 0 Å². The van der Waals surface area contributed by atoms with Crippen molar-refractivity contribution >= 4 is 0 Å². The number of allylic oxidation sites excluding steroid dienone is 2. The third-order valence-corrected chi connectivity index (χ3v) is 2.32.